The number of rotatable bonds is 1. The predicted molar refractivity (Wildman–Crippen MR) is 47.5 cm³/mol. The lowest BCUT2D eigenvalue weighted by molar-refractivity contribution is -0.136. The molecule has 0 unspecified atom stereocenters. The van der Waals surface area contributed by atoms with Gasteiger partial charge in [0.2, 0.25) is 0 Å². The third kappa shape index (κ3) is 1.20. The van der Waals surface area contributed by atoms with Gasteiger partial charge in [0.25, 0.3) is 0 Å². The minimum Gasteiger partial charge on any atom is -0.481 e. The molecule has 1 N–H and O–H groups in total. The molecule has 0 saturated carbocycles. The molecule has 1 aromatic rings. The fraction of sp³-hybridized carbons (Fsp3) is 0.222. The molecular formula is C9H8N2O2. The molecule has 1 aromatic heterocycles. The fourth-order valence-corrected chi connectivity index (χ4v) is 1.32. The Morgan fingerprint density at radius 1 is 1.54 bits per heavy atom. The van der Waals surface area contributed by atoms with Crippen molar-refractivity contribution in [2.75, 3.05) is 0 Å². The normalized spacial score (nSPS) is 18.7. The summed E-state index contributed by atoms with van der Waals surface area (Å²) in [4.78, 5) is 18.8. The molecule has 0 saturated heterocycles. The number of aliphatic imine (C=N–C) groups is 1. The van der Waals surface area contributed by atoms with Crippen LogP contribution in [0.2, 0.25) is 0 Å². The average Bonchev–Trinajstić information content (AvgIpc) is 2.46. The number of aryl methyl sites for hydroxylation is 1. The van der Waals surface area contributed by atoms with Crippen LogP contribution in [0, 0.1) is 6.92 Å². The topological polar surface area (TPSA) is 62.5 Å². The standard InChI is InChI=1S/C9H8N2O2/c1-5-2-3-6-7(9(12)13)4-10-8(6)11-5/h2-4,7H,1H3,(H,12,13)/t7-/m1/s1. The van der Waals surface area contributed by atoms with Gasteiger partial charge in [-0.05, 0) is 13.0 Å². The van der Waals surface area contributed by atoms with Gasteiger partial charge < -0.3 is 5.11 Å². The number of pyridine rings is 1. The molecule has 1 atom stereocenters. The Morgan fingerprint density at radius 3 is 3.00 bits per heavy atom. The summed E-state index contributed by atoms with van der Waals surface area (Å²) in [6.07, 6.45) is 1.42. The zero-order valence-corrected chi connectivity index (χ0v) is 7.06. The highest BCUT2D eigenvalue weighted by molar-refractivity contribution is 5.99. The molecule has 2 rings (SSSR count). The SMILES string of the molecule is Cc1ccc2c(n1)N=C[C@H]2C(=O)O. The second-order valence-electron chi connectivity index (χ2n) is 2.96. The van der Waals surface area contributed by atoms with Gasteiger partial charge in [-0.1, -0.05) is 6.07 Å². The number of nitrogens with zero attached hydrogens (tertiary/aromatic N) is 2. The van der Waals surface area contributed by atoms with Crippen LogP contribution in [-0.2, 0) is 4.79 Å². The second-order valence-corrected chi connectivity index (χ2v) is 2.96. The van der Waals surface area contributed by atoms with Crippen molar-refractivity contribution in [1.29, 1.82) is 0 Å². The first-order chi connectivity index (χ1) is 6.18. The van der Waals surface area contributed by atoms with E-state index in [0.29, 0.717) is 11.4 Å². The van der Waals surface area contributed by atoms with Crippen molar-refractivity contribution in [2.45, 2.75) is 12.8 Å². The number of fused-ring (bicyclic) bond motifs is 1. The van der Waals surface area contributed by atoms with Crippen molar-refractivity contribution in [3.63, 3.8) is 0 Å². The van der Waals surface area contributed by atoms with Crippen LogP contribution < -0.4 is 0 Å². The molecule has 0 aromatic carbocycles. The maximum absolute atomic E-state index is 10.7. The number of carboxylic acid groups (broad SMARTS) is 1. The molecule has 0 bridgehead atoms. The lowest BCUT2D eigenvalue weighted by atomic mass is 10.0. The zero-order chi connectivity index (χ0) is 9.42. The van der Waals surface area contributed by atoms with Crippen LogP contribution in [0.1, 0.15) is 17.2 Å². The van der Waals surface area contributed by atoms with Crippen LogP contribution in [0.25, 0.3) is 0 Å². The van der Waals surface area contributed by atoms with Gasteiger partial charge in [0.15, 0.2) is 5.82 Å². The van der Waals surface area contributed by atoms with E-state index in [-0.39, 0.29) is 0 Å². The van der Waals surface area contributed by atoms with E-state index in [4.69, 9.17) is 5.11 Å². The molecule has 0 radical (unpaired) electrons. The lowest BCUT2D eigenvalue weighted by Crippen LogP contribution is -2.09. The monoisotopic (exact) mass is 176 g/mol. The smallest absolute Gasteiger partial charge is 0.316 e. The minimum atomic E-state index is -0.881. The van der Waals surface area contributed by atoms with Gasteiger partial charge in [0.1, 0.15) is 5.92 Å². The van der Waals surface area contributed by atoms with E-state index in [0.717, 1.165) is 5.69 Å². The Hall–Kier alpha value is -1.71. The molecule has 66 valence electrons. The maximum atomic E-state index is 10.7. The second kappa shape index (κ2) is 2.65. The van der Waals surface area contributed by atoms with Crippen molar-refractivity contribution >= 4 is 18.0 Å². The summed E-state index contributed by atoms with van der Waals surface area (Å²) in [6, 6.07) is 3.56. The van der Waals surface area contributed by atoms with E-state index < -0.39 is 11.9 Å². The number of carbonyl (C=O) groups is 1. The van der Waals surface area contributed by atoms with E-state index in [2.05, 4.69) is 9.98 Å². The summed E-state index contributed by atoms with van der Waals surface area (Å²) in [5, 5.41) is 8.81. The predicted octanol–water partition coefficient (Wildman–Crippen LogP) is 1.27. The lowest BCUT2D eigenvalue weighted by Gasteiger charge is -2.02. The van der Waals surface area contributed by atoms with E-state index in [1.54, 1.807) is 12.1 Å². The van der Waals surface area contributed by atoms with E-state index in [1.807, 2.05) is 6.92 Å². The van der Waals surface area contributed by atoms with Crippen LogP contribution >= 0.6 is 0 Å². The van der Waals surface area contributed by atoms with E-state index >= 15 is 0 Å². The van der Waals surface area contributed by atoms with Gasteiger partial charge in [0, 0.05) is 17.5 Å². The molecular weight excluding hydrogens is 168 g/mol. The van der Waals surface area contributed by atoms with Crippen LogP contribution in [0.5, 0.6) is 0 Å². The molecule has 0 fully saturated rings. The number of hydrogen-bond donors (Lipinski definition) is 1. The van der Waals surface area contributed by atoms with Crippen LogP contribution in [0.4, 0.5) is 5.82 Å². The van der Waals surface area contributed by atoms with Gasteiger partial charge in [-0.3, -0.25) is 4.79 Å². The molecule has 0 amide bonds. The Bertz CT molecular complexity index is 399. The van der Waals surface area contributed by atoms with Crippen molar-refractivity contribution in [3.8, 4) is 0 Å². The van der Waals surface area contributed by atoms with Gasteiger partial charge in [-0.15, -0.1) is 0 Å². The Labute approximate surface area is 75.0 Å². The highest BCUT2D eigenvalue weighted by Crippen LogP contribution is 2.30. The van der Waals surface area contributed by atoms with Gasteiger partial charge in [0.05, 0.1) is 0 Å². The zero-order valence-electron chi connectivity index (χ0n) is 7.06. The molecule has 13 heavy (non-hydrogen) atoms. The molecule has 0 aliphatic carbocycles. The van der Waals surface area contributed by atoms with Crippen molar-refractivity contribution < 1.29 is 9.90 Å². The molecule has 0 spiro atoms. The Kier molecular flexibility index (Phi) is 1.62. The molecule has 4 nitrogen and oxygen atoms in total. The summed E-state index contributed by atoms with van der Waals surface area (Å²) >= 11 is 0. The van der Waals surface area contributed by atoms with Gasteiger partial charge in [-0.2, -0.15) is 0 Å². The first kappa shape index (κ1) is 7.91. The van der Waals surface area contributed by atoms with Gasteiger partial charge in [-0.25, -0.2) is 9.98 Å². The highest BCUT2D eigenvalue weighted by Gasteiger charge is 2.25. The quantitative estimate of drug-likeness (QED) is 0.700. The molecule has 4 heteroatoms. The van der Waals surface area contributed by atoms with Gasteiger partial charge >= 0.3 is 5.97 Å². The summed E-state index contributed by atoms with van der Waals surface area (Å²) < 4.78 is 0. The van der Waals surface area contributed by atoms with Crippen molar-refractivity contribution in [2.24, 2.45) is 4.99 Å². The Morgan fingerprint density at radius 2 is 2.31 bits per heavy atom. The van der Waals surface area contributed by atoms with Crippen LogP contribution in [0.15, 0.2) is 17.1 Å². The van der Waals surface area contributed by atoms with E-state index in [1.165, 1.54) is 6.21 Å². The summed E-state index contributed by atoms with van der Waals surface area (Å²) in [5.74, 6) is -0.969. The number of aromatic nitrogens is 1. The average molecular weight is 176 g/mol. The molecule has 2 heterocycles. The minimum absolute atomic E-state index is 0.535. The maximum Gasteiger partial charge on any atom is 0.316 e. The van der Waals surface area contributed by atoms with Crippen LogP contribution in [0.3, 0.4) is 0 Å². The fourth-order valence-electron chi connectivity index (χ4n) is 1.32. The number of aliphatic carboxylic acids is 1. The molecule has 1 aliphatic heterocycles. The first-order valence-corrected chi connectivity index (χ1v) is 3.93. The molecule has 1 aliphatic rings. The van der Waals surface area contributed by atoms with Crippen molar-refractivity contribution in [3.05, 3.63) is 23.4 Å². The van der Waals surface area contributed by atoms with E-state index in [9.17, 15) is 4.79 Å². The summed E-state index contributed by atoms with van der Waals surface area (Å²) in [5.41, 5.74) is 1.53. The summed E-state index contributed by atoms with van der Waals surface area (Å²) in [6.45, 7) is 1.85. The number of hydrogen-bond acceptors (Lipinski definition) is 3. The van der Waals surface area contributed by atoms with Crippen molar-refractivity contribution in [1.82, 2.24) is 4.98 Å². The Balaban J connectivity index is 2.49. The highest BCUT2D eigenvalue weighted by atomic mass is 16.4. The number of carboxylic acids is 1. The summed E-state index contributed by atoms with van der Waals surface area (Å²) in [7, 11) is 0. The largest absolute Gasteiger partial charge is 0.481 e. The third-order valence-corrected chi connectivity index (χ3v) is 1.99. The third-order valence-electron chi connectivity index (χ3n) is 1.99. The van der Waals surface area contributed by atoms with Crippen LogP contribution in [-0.4, -0.2) is 22.3 Å². The first-order valence-electron chi connectivity index (χ1n) is 3.93.